The van der Waals surface area contributed by atoms with Crippen LogP contribution in [0.4, 0.5) is 4.39 Å². The molecule has 0 bridgehead atoms. The molecule has 1 aromatic rings. The summed E-state index contributed by atoms with van der Waals surface area (Å²) in [5.41, 5.74) is 6.59. The van der Waals surface area contributed by atoms with Crippen molar-refractivity contribution in [3.8, 4) is 0 Å². The zero-order valence-corrected chi connectivity index (χ0v) is 12.5. The predicted molar refractivity (Wildman–Crippen MR) is 77.9 cm³/mol. The highest BCUT2D eigenvalue weighted by Gasteiger charge is 2.30. The van der Waals surface area contributed by atoms with Gasteiger partial charge in [-0.05, 0) is 44.4 Å². The molecule has 2 atom stereocenters. The first-order chi connectivity index (χ1) is 9.76. The first kappa shape index (κ1) is 15.9. The molecule has 1 saturated heterocycles. The highest BCUT2D eigenvalue weighted by atomic mass is 19.1. The Balaban J connectivity index is 1.94. The lowest BCUT2D eigenvalue weighted by molar-refractivity contribution is -0.123. The summed E-state index contributed by atoms with van der Waals surface area (Å²) in [6.07, 6.45) is 0.572. The van der Waals surface area contributed by atoms with Crippen molar-refractivity contribution in [1.82, 2.24) is 16.2 Å². The molecule has 2 rings (SSSR count). The largest absolute Gasteiger partial charge is 0.389 e. The minimum Gasteiger partial charge on any atom is -0.389 e. The Bertz CT molecular complexity index is 528. The van der Waals surface area contributed by atoms with Gasteiger partial charge in [0.15, 0.2) is 0 Å². The van der Waals surface area contributed by atoms with E-state index in [-0.39, 0.29) is 30.4 Å². The number of hydrogen-bond acceptors (Lipinski definition) is 4. The Morgan fingerprint density at radius 1 is 1.48 bits per heavy atom. The van der Waals surface area contributed by atoms with Crippen LogP contribution in [0.25, 0.3) is 0 Å². The number of carbonyl (C=O) groups is 1. The molecule has 21 heavy (non-hydrogen) atoms. The zero-order chi connectivity index (χ0) is 15.6. The summed E-state index contributed by atoms with van der Waals surface area (Å²) in [6, 6.07) is 4.53. The number of hydrazine groups is 1. The van der Waals surface area contributed by atoms with Crippen molar-refractivity contribution >= 4 is 5.91 Å². The molecule has 0 spiro atoms. The molecule has 5 nitrogen and oxygen atoms in total. The second-order valence-electron chi connectivity index (χ2n) is 6.17. The van der Waals surface area contributed by atoms with Gasteiger partial charge in [0.25, 0.3) is 0 Å². The third-order valence-electron chi connectivity index (χ3n) is 3.50. The van der Waals surface area contributed by atoms with Crippen molar-refractivity contribution in [2.45, 2.75) is 44.9 Å². The van der Waals surface area contributed by atoms with Crippen LogP contribution < -0.4 is 16.2 Å². The van der Waals surface area contributed by atoms with E-state index in [0.717, 1.165) is 5.56 Å². The Morgan fingerprint density at radius 2 is 2.19 bits per heavy atom. The fourth-order valence-electron chi connectivity index (χ4n) is 2.26. The Hall–Kier alpha value is -1.50. The quantitative estimate of drug-likeness (QED) is 0.667. The molecule has 0 aliphatic carbocycles. The van der Waals surface area contributed by atoms with Crippen LogP contribution in [0.2, 0.25) is 0 Å². The topological polar surface area (TPSA) is 73.4 Å². The van der Waals surface area contributed by atoms with E-state index < -0.39 is 5.60 Å². The van der Waals surface area contributed by atoms with E-state index >= 15 is 0 Å². The van der Waals surface area contributed by atoms with Gasteiger partial charge in [0, 0.05) is 12.6 Å². The van der Waals surface area contributed by atoms with Gasteiger partial charge in [0.2, 0.25) is 5.91 Å². The van der Waals surface area contributed by atoms with Crippen LogP contribution in [0.3, 0.4) is 0 Å². The summed E-state index contributed by atoms with van der Waals surface area (Å²) in [5, 5.41) is 12.3. The van der Waals surface area contributed by atoms with Crippen molar-refractivity contribution in [3.63, 3.8) is 0 Å². The van der Waals surface area contributed by atoms with Crippen LogP contribution in [-0.4, -0.2) is 29.2 Å². The van der Waals surface area contributed by atoms with Gasteiger partial charge >= 0.3 is 0 Å². The number of rotatable bonds is 4. The molecular formula is C15H22FN3O2. The Morgan fingerprint density at radius 3 is 2.81 bits per heavy atom. The Labute approximate surface area is 123 Å². The number of aryl methyl sites for hydroxylation is 1. The fraction of sp³-hybridized carbons (Fsp3) is 0.533. The van der Waals surface area contributed by atoms with Crippen molar-refractivity contribution in [2.75, 3.05) is 6.54 Å². The number of halogens is 1. The van der Waals surface area contributed by atoms with E-state index in [4.69, 9.17) is 0 Å². The normalized spacial score (nSPS) is 22.3. The van der Waals surface area contributed by atoms with Crippen LogP contribution in [0, 0.1) is 12.7 Å². The van der Waals surface area contributed by atoms with Crippen molar-refractivity contribution in [1.29, 1.82) is 0 Å². The number of benzene rings is 1. The summed E-state index contributed by atoms with van der Waals surface area (Å²) in [6.45, 7) is 5.19. The van der Waals surface area contributed by atoms with Gasteiger partial charge in [0.05, 0.1) is 5.60 Å². The molecule has 1 aromatic carbocycles. The molecule has 0 aromatic heterocycles. The number of nitrogens with one attached hydrogen (secondary N) is 3. The lowest BCUT2D eigenvalue weighted by atomic mass is 10.00. The first-order valence-corrected chi connectivity index (χ1v) is 7.03. The van der Waals surface area contributed by atoms with Gasteiger partial charge < -0.3 is 10.4 Å². The minimum atomic E-state index is -0.935. The van der Waals surface area contributed by atoms with Crippen molar-refractivity contribution < 1.29 is 14.3 Å². The standard InChI is InChI=1S/C15H22FN3O2/c1-9-6-10(4-5-11(9)16)12-7-13(19-18-12)14(20)17-8-15(2,3)21/h4-6,12-13,18-19,21H,7-8H2,1-3H3,(H,17,20). The van der Waals surface area contributed by atoms with E-state index in [2.05, 4.69) is 16.2 Å². The fourth-order valence-corrected chi connectivity index (χ4v) is 2.26. The second-order valence-corrected chi connectivity index (χ2v) is 6.17. The van der Waals surface area contributed by atoms with Crippen LogP contribution in [0.15, 0.2) is 18.2 Å². The van der Waals surface area contributed by atoms with Crippen LogP contribution in [0.5, 0.6) is 0 Å². The minimum absolute atomic E-state index is 0.0396. The molecule has 116 valence electrons. The third kappa shape index (κ3) is 4.23. The Kier molecular flexibility index (Phi) is 4.61. The van der Waals surface area contributed by atoms with E-state index in [0.29, 0.717) is 12.0 Å². The maximum absolute atomic E-state index is 13.3. The first-order valence-electron chi connectivity index (χ1n) is 7.03. The predicted octanol–water partition coefficient (Wildman–Crippen LogP) is 0.929. The van der Waals surface area contributed by atoms with E-state index in [9.17, 15) is 14.3 Å². The maximum atomic E-state index is 13.3. The monoisotopic (exact) mass is 295 g/mol. The lowest BCUT2D eigenvalue weighted by Gasteiger charge is -2.19. The maximum Gasteiger partial charge on any atom is 0.238 e. The molecule has 1 amide bonds. The third-order valence-corrected chi connectivity index (χ3v) is 3.50. The van der Waals surface area contributed by atoms with Crippen molar-refractivity contribution in [2.24, 2.45) is 0 Å². The molecular weight excluding hydrogens is 273 g/mol. The summed E-state index contributed by atoms with van der Waals surface area (Å²) in [4.78, 5) is 12.0. The van der Waals surface area contributed by atoms with Gasteiger partial charge in [-0.1, -0.05) is 12.1 Å². The van der Waals surface area contributed by atoms with Gasteiger partial charge in [-0.15, -0.1) is 0 Å². The van der Waals surface area contributed by atoms with Crippen LogP contribution in [-0.2, 0) is 4.79 Å². The molecule has 1 aliphatic heterocycles. The summed E-state index contributed by atoms with van der Waals surface area (Å²) >= 11 is 0. The summed E-state index contributed by atoms with van der Waals surface area (Å²) in [5.74, 6) is -0.393. The van der Waals surface area contributed by atoms with Gasteiger partial charge in [-0.3, -0.25) is 4.79 Å². The van der Waals surface area contributed by atoms with Crippen molar-refractivity contribution in [3.05, 3.63) is 35.1 Å². The van der Waals surface area contributed by atoms with E-state index in [1.54, 1.807) is 32.9 Å². The van der Waals surface area contributed by atoms with Crippen LogP contribution in [0.1, 0.15) is 37.4 Å². The molecule has 6 heteroatoms. The van der Waals surface area contributed by atoms with Crippen LogP contribution >= 0.6 is 0 Å². The molecule has 2 unspecified atom stereocenters. The molecule has 1 fully saturated rings. The highest BCUT2D eigenvalue weighted by Crippen LogP contribution is 2.24. The number of aliphatic hydroxyl groups is 1. The molecule has 1 aliphatic rings. The van der Waals surface area contributed by atoms with Gasteiger partial charge in [-0.25, -0.2) is 15.2 Å². The molecule has 1 heterocycles. The smallest absolute Gasteiger partial charge is 0.238 e. The number of amides is 1. The zero-order valence-electron chi connectivity index (χ0n) is 12.5. The number of hydrogen-bond donors (Lipinski definition) is 4. The highest BCUT2D eigenvalue weighted by molar-refractivity contribution is 5.82. The van der Waals surface area contributed by atoms with E-state index in [1.165, 1.54) is 6.07 Å². The lowest BCUT2D eigenvalue weighted by Crippen LogP contribution is -2.47. The SMILES string of the molecule is Cc1cc(C2CC(C(=O)NCC(C)(C)O)NN2)ccc1F. The average Bonchev–Trinajstić information content (AvgIpc) is 2.88. The van der Waals surface area contributed by atoms with Gasteiger partial charge in [-0.2, -0.15) is 0 Å². The number of carbonyl (C=O) groups excluding carboxylic acids is 1. The van der Waals surface area contributed by atoms with E-state index in [1.807, 2.05) is 0 Å². The average molecular weight is 295 g/mol. The molecule has 4 N–H and O–H groups in total. The van der Waals surface area contributed by atoms with Gasteiger partial charge in [0.1, 0.15) is 11.9 Å². The summed E-state index contributed by atoms with van der Waals surface area (Å²) < 4.78 is 13.3. The second kappa shape index (κ2) is 6.09. The summed E-state index contributed by atoms with van der Waals surface area (Å²) in [7, 11) is 0. The molecule has 0 saturated carbocycles. The molecule has 0 radical (unpaired) electrons.